The van der Waals surface area contributed by atoms with Crippen LogP contribution in [0, 0.1) is 5.92 Å². The van der Waals surface area contributed by atoms with Crippen molar-refractivity contribution >= 4 is 17.9 Å². The Bertz CT molecular complexity index is 1070. The molecule has 1 aromatic carbocycles. The van der Waals surface area contributed by atoms with Crippen LogP contribution in [0.3, 0.4) is 0 Å². The topological polar surface area (TPSA) is 116 Å². The molecule has 1 aliphatic rings. The number of carbonyl (C=O) groups excluding carboxylic acids is 1. The molecule has 10 nitrogen and oxygen atoms in total. The van der Waals surface area contributed by atoms with Crippen molar-refractivity contribution in [3.8, 4) is 17.1 Å². The van der Waals surface area contributed by atoms with Crippen LogP contribution in [0.5, 0.6) is 5.75 Å². The first-order chi connectivity index (χ1) is 15.0. The molecular formula is C21H24N6O4. The fourth-order valence-corrected chi connectivity index (χ4v) is 3.35. The average Bonchev–Trinajstić information content (AvgIpc) is 3.41. The normalized spacial score (nSPS) is 17.0. The highest BCUT2D eigenvalue weighted by atomic mass is 16.6. The van der Waals surface area contributed by atoms with Crippen molar-refractivity contribution in [2.24, 2.45) is 5.92 Å². The highest BCUT2D eigenvalue weighted by molar-refractivity contribution is 5.89. The maximum absolute atomic E-state index is 12.2. The van der Waals surface area contributed by atoms with Crippen molar-refractivity contribution in [1.29, 1.82) is 0 Å². The SMILES string of the molecule is COc1ccccc1-c1noc([C@@H](C)Nc2nccc(N3C(=O)OC[C@@H]3C(C)C)n2)n1. The lowest BCUT2D eigenvalue weighted by molar-refractivity contribution is 0.177. The van der Waals surface area contributed by atoms with Crippen molar-refractivity contribution in [3.05, 3.63) is 42.4 Å². The number of nitrogens with one attached hydrogen (secondary N) is 1. The van der Waals surface area contributed by atoms with Crippen LogP contribution in [-0.4, -0.2) is 46.0 Å². The molecular weight excluding hydrogens is 400 g/mol. The van der Waals surface area contributed by atoms with Crippen molar-refractivity contribution < 1.29 is 18.8 Å². The first kappa shape index (κ1) is 20.6. The number of hydrogen-bond donors (Lipinski definition) is 1. The minimum Gasteiger partial charge on any atom is -0.496 e. The highest BCUT2D eigenvalue weighted by Crippen LogP contribution is 2.29. The predicted octanol–water partition coefficient (Wildman–Crippen LogP) is 3.69. The lowest BCUT2D eigenvalue weighted by Gasteiger charge is -2.23. The molecule has 0 aliphatic carbocycles. The molecule has 162 valence electrons. The van der Waals surface area contributed by atoms with E-state index in [1.807, 2.05) is 45.0 Å². The summed E-state index contributed by atoms with van der Waals surface area (Å²) < 4.78 is 16.0. The molecule has 31 heavy (non-hydrogen) atoms. The van der Waals surface area contributed by atoms with Gasteiger partial charge in [0, 0.05) is 6.20 Å². The number of carbonyl (C=O) groups is 1. The molecule has 1 N–H and O–H groups in total. The van der Waals surface area contributed by atoms with Crippen LogP contribution in [-0.2, 0) is 4.74 Å². The summed E-state index contributed by atoms with van der Waals surface area (Å²) >= 11 is 0. The van der Waals surface area contributed by atoms with Gasteiger partial charge in [-0.2, -0.15) is 9.97 Å². The van der Waals surface area contributed by atoms with E-state index in [0.717, 1.165) is 5.56 Å². The number of hydrogen-bond acceptors (Lipinski definition) is 9. The second kappa shape index (κ2) is 8.58. The van der Waals surface area contributed by atoms with Gasteiger partial charge in [0.1, 0.15) is 24.2 Å². The van der Waals surface area contributed by atoms with Gasteiger partial charge in [-0.1, -0.05) is 31.1 Å². The molecule has 2 aromatic heterocycles. The van der Waals surface area contributed by atoms with Crippen molar-refractivity contribution in [2.45, 2.75) is 32.9 Å². The van der Waals surface area contributed by atoms with Gasteiger partial charge >= 0.3 is 6.09 Å². The molecule has 0 unspecified atom stereocenters. The van der Waals surface area contributed by atoms with E-state index in [-0.39, 0.29) is 18.0 Å². The Morgan fingerprint density at radius 3 is 2.77 bits per heavy atom. The summed E-state index contributed by atoms with van der Waals surface area (Å²) in [6.45, 7) is 6.28. The van der Waals surface area contributed by atoms with E-state index in [1.165, 1.54) is 0 Å². The summed E-state index contributed by atoms with van der Waals surface area (Å²) in [6.07, 6.45) is 1.18. The molecule has 0 radical (unpaired) electrons. The molecule has 1 aliphatic heterocycles. The fraction of sp³-hybridized carbons (Fsp3) is 0.381. The Morgan fingerprint density at radius 1 is 1.19 bits per heavy atom. The Balaban J connectivity index is 1.52. The highest BCUT2D eigenvalue weighted by Gasteiger charge is 2.37. The van der Waals surface area contributed by atoms with Gasteiger partial charge < -0.3 is 19.3 Å². The monoisotopic (exact) mass is 424 g/mol. The van der Waals surface area contributed by atoms with Crippen LogP contribution < -0.4 is 15.0 Å². The molecule has 4 rings (SSSR count). The van der Waals surface area contributed by atoms with Crippen molar-refractivity contribution in [1.82, 2.24) is 20.1 Å². The molecule has 3 aromatic rings. The Labute approximate surface area is 179 Å². The third-order valence-corrected chi connectivity index (χ3v) is 5.07. The number of ether oxygens (including phenoxy) is 2. The van der Waals surface area contributed by atoms with E-state index in [0.29, 0.717) is 35.8 Å². The number of anilines is 2. The average molecular weight is 424 g/mol. The van der Waals surface area contributed by atoms with Gasteiger partial charge in [-0.15, -0.1) is 0 Å². The zero-order valence-corrected chi connectivity index (χ0v) is 17.8. The number of benzene rings is 1. The Morgan fingerprint density at radius 2 is 2.00 bits per heavy atom. The molecule has 3 heterocycles. The smallest absolute Gasteiger partial charge is 0.415 e. The second-order valence-corrected chi connectivity index (χ2v) is 7.52. The molecule has 0 spiro atoms. The van der Waals surface area contributed by atoms with Gasteiger partial charge in [0.15, 0.2) is 0 Å². The van der Waals surface area contributed by atoms with Crippen LogP contribution in [0.4, 0.5) is 16.6 Å². The minimum atomic E-state index is -0.408. The number of rotatable bonds is 7. The second-order valence-electron chi connectivity index (χ2n) is 7.52. The first-order valence-electron chi connectivity index (χ1n) is 10.0. The van der Waals surface area contributed by atoms with Crippen molar-refractivity contribution in [2.75, 3.05) is 23.9 Å². The van der Waals surface area contributed by atoms with Gasteiger partial charge in [-0.25, -0.2) is 9.78 Å². The molecule has 10 heteroatoms. The zero-order valence-electron chi connectivity index (χ0n) is 17.8. The number of cyclic esters (lactones) is 1. The maximum Gasteiger partial charge on any atom is 0.415 e. The van der Waals surface area contributed by atoms with Crippen LogP contribution >= 0.6 is 0 Å². The summed E-state index contributed by atoms with van der Waals surface area (Å²) in [5.41, 5.74) is 0.734. The number of amides is 1. The Kier molecular flexibility index (Phi) is 5.70. The molecule has 1 saturated heterocycles. The lowest BCUT2D eigenvalue weighted by atomic mass is 10.0. The zero-order chi connectivity index (χ0) is 22.0. The molecule has 2 atom stereocenters. The minimum absolute atomic E-state index is 0.0768. The van der Waals surface area contributed by atoms with Crippen LogP contribution in [0.15, 0.2) is 41.1 Å². The number of methoxy groups -OCH3 is 1. The fourth-order valence-electron chi connectivity index (χ4n) is 3.35. The lowest BCUT2D eigenvalue weighted by Crippen LogP contribution is -2.37. The predicted molar refractivity (Wildman–Crippen MR) is 113 cm³/mol. The van der Waals surface area contributed by atoms with E-state index >= 15 is 0 Å². The van der Waals surface area contributed by atoms with Gasteiger partial charge in [0.05, 0.1) is 18.7 Å². The van der Waals surface area contributed by atoms with Gasteiger partial charge in [-0.3, -0.25) is 4.90 Å². The number of aromatic nitrogens is 4. The van der Waals surface area contributed by atoms with Crippen molar-refractivity contribution in [3.63, 3.8) is 0 Å². The number of para-hydroxylation sites is 1. The molecule has 0 saturated carbocycles. The first-order valence-corrected chi connectivity index (χ1v) is 10.0. The quantitative estimate of drug-likeness (QED) is 0.606. The summed E-state index contributed by atoms with van der Waals surface area (Å²) in [5, 5.41) is 7.21. The maximum atomic E-state index is 12.2. The van der Waals surface area contributed by atoms with Crippen LogP contribution in [0.25, 0.3) is 11.4 Å². The molecule has 1 amide bonds. The largest absolute Gasteiger partial charge is 0.496 e. The third-order valence-electron chi connectivity index (χ3n) is 5.07. The van der Waals surface area contributed by atoms with Gasteiger partial charge in [0.25, 0.3) is 0 Å². The van der Waals surface area contributed by atoms with E-state index in [9.17, 15) is 4.79 Å². The van der Waals surface area contributed by atoms with Crippen LogP contribution in [0.2, 0.25) is 0 Å². The standard InChI is InChI=1S/C21H24N6O4/c1-12(2)15-11-30-21(28)27(15)17-9-10-22-20(24-17)23-13(3)19-25-18(26-31-19)14-7-5-6-8-16(14)29-4/h5-10,12-13,15H,11H2,1-4H3,(H,22,23,24)/t13-,15-/m1/s1. The summed E-state index contributed by atoms with van der Waals surface area (Å²) in [4.78, 5) is 27.0. The van der Waals surface area contributed by atoms with E-state index in [2.05, 4.69) is 25.4 Å². The third kappa shape index (κ3) is 4.14. The van der Waals surface area contributed by atoms with Gasteiger partial charge in [-0.05, 0) is 31.0 Å². The van der Waals surface area contributed by atoms with Crippen LogP contribution in [0.1, 0.15) is 32.7 Å². The summed E-state index contributed by atoms with van der Waals surface area (Å²) in [5.74, 6) is 2.49. The van der Waals surface area contributed by atoms with E-state index in [4.69, 9.17) is 14.0 Å². The van der Waals surface area contributed by atoms with E-state index in [1.54, 1.807) is 24.3 Å². The number of nitrogens with zero attached hydrogens (tertiary/aromatic N) is 5. The summed E-state index contributed by atoms with van der Waals surface area (Å²) in [7, 11) is 1.59. The van der Waals surface area contributed by atoms with E-state index < -0.39 is 6.09 Å². The molecule has 1 fully saturated rings. The Hall–Kier alpha value is -3.69. The molecule has 0 bridgehead atoms. The van der Waals surface area contributed by atoms with Gasteiger partial charge in [0.2, 0.25) is 17.7 Å². The summed E-state index contributed by atoms with van der Waals surface area (Å²) in [6, 6.07) is 8.69.